The second-order valence-electron chi connectivity index (χ2n) is 7.50. The molecule has 0 radical (unpaired) electrons. The zero-order valence-electron chi connectivity index (χ0n) is 16.8. The Hall–Kier alpha value is -3.04. The zero-order chi connectivity index (χ0) is 21.8. The summed E-state index contributed by atoms with van der Waals surface area (Å²) in [5.41, 5.74) is 7.01. The fourth-order valence-corrected chi connectivity index (χ4v) is 4.11. The summed E-state index contributed by atoms with van der Waals surface area (Å²) in [6.07, 6.45) is 1.65. The Labute approximate surface area is 187 Å². The molecule has 1 saturated heterocycles. The average molecular weight is 484 g/mol. The number of para-hydroxylation sites is 1. The number of primary amides is 1. The number of benzene rings is 2. The molecular weight excluding hydrogens is 462 g/mol. The third kappa shape index (κ3) is 5.18. The van der Waals surface area contributed by atoms with Gasteiger partial charge in [-0.25, -0.2) is 0 Å². The summed E-state index contributed by atoms with van der Waals surface area (Å²) in [6, 6.07) is 14.5. The number of carbonyl (C=O) groups is 2. The Bertz CT molecular complexity index is 1100. The molecule has 2 heterocycles. The number of halogens is 1. The minimum absolute atomic E-state index is 0.126. The Kier molecular flexibility index (Phi) is 6.43. The van der Waals surface area contributed by atoms with E-state index in [4.69, 9.17) is 10.3 Å². The number of amides is 2. The third-order valence-corrected chi connectivity index (χ3v) is 5.73. The molecule has 3 N–H and O–H groups in total. The molecule has 1 fully saturated rings. The first kappa shape index (κ1) is 21.2. The van der Waals surface area contributed by atoms with Crippen molar-refractivity contribution in [3.05, 3.63) is 64.5 Å². The van der Waals surface area contributed by atoms with Crippen molar-refractivity contribution in [2.75, 3.05) is 18.4 Å². The van der Waals surface area contributed by atoms with E-state index in [2.05, 4.69) is 36.3 Å². The van der Waals surface area contributed by atoms with Crippen LogP contribution in [0, 0.1) is 5.92 Å². The van der Waals surface area contributed by atoms with Crippen LogP contribution in [0.1, 0.15) is 29.1 Å². The Morgan fingerprint density at radius 3 is 2.87 bits per heavy atom. The van der Waals surface area contributed by atoms with Gasteiger partial charge in [0.15, 0.2) is 0 Å². The van der Waals surface area contributed by atoms with E-state index >= 15 is 0 Å². The van der Waals surface area contributed by atoms with Crippen LogP contribution in [-0.4, -0.2) is 39.9 Å². The molecule has 8 nitrogen and oxygen atoms in total. The monoisotopic (exact) mass is 483 g/mol. The molecule has 31 heavy (non-hydrogen) atoms. The van der Waals surface area contributed by atoms with Gasteiger partial charge in [-0.2, -0.15) is 4.98 Å². The van der Waals surface area contributed by atoms with Crippen molar-refractivity contribution in [2.45, 2.75) is 19.4 Å². The molecule has 1 aromatic heterocycles. The van der Waals surface area contributed by atoms with E-state index in [9.17, 15) is 9.59 Å². The molecule has 2 aromatic carbocycles. The van der Waals surface area contributed by atoms with Crippen LogP contribution in [0.4, 0.5) is 5.69 Å². The highest BCUT2D eigenvalue weighted by atomic mass is 79.9. The maximum atomic E-state index is 12.8. The Morgan fingerprint density at radius 1 is 1.23 bits per heavy atom. The quantitative estimate of drug-likeness (QED) is 0.554. The molecule has 0 spiro atoms. The average Bonchev–Trinajstić information content (AvgIpc) is 3.22. The van der Waals surface area contributed by atoms with Crippen molar-refractivity contribution in [3.8, 4) is 11.4 Å². The smallest absolute Gasteiger partial charge is 0.250 e. The molecule has 0 bridgehead atoms. The van der Waals surface area contributed by atoms with Crippen molar-refractivity contribution in [2.24, 2.45) is 11.7 Å². The molecule has 160 valence electrons. The van der Waals surface area contributed by atoms with Gasteiger partial charge < -0.3 is 15.6 Å². The largest absolute Gasteiger partial charge is 0.366 e. The van der Waals surface area contributed by atoms with Crippen LogP contribution in [0.25, 0.3) is 11.4 Å². The van der Waals surface area contributed by atoms with Gasteiger partial charge in [0.1, 0.15) is 0 Å². The second kappa shape index (κ2) is 9.40. The van der Waals surface area contributed by atoms with Gasteiger partial charge in [0.2, 0.25) is 17.6 Å². The van der Waals surface area contributed by atoms with E-state index in [1.165, 1.54) is 0 Å². The molecule has 2 amide bonds. The summed E-state index contributed by atoms with van der Waals surface area (Å²) in [7, 11) is 0. The van der Waals surface area contributed by atoms with Gasteiger partial charge in [0.05, 0.1) is 23.7 Å². The number of aromatic nitrogens is 2. The standard InChI is InChI=1S/C22H22BrN5O3/c23-16-7-3-5-14(11-16)21-26-19(31-27-21)13-28-10-4-6-15(12-28)22(30)25-18-9-2-1-8-17(18)20(24)29/h1-3,5,7-9,11,15H,4,6,10,12-13H2,(H2,24,29)(H,25,30). The molecule has 1 aliphatic rings. The van der Waals surface area contributed by atoms with E-state index in [0.717, 1.165) is 29.4 Å². The first-order chi connectivity index (χ1) is 15.0. The lowest BCUT2D eigenvalue weighted by molar-refractivity contribution is -0.121. The summed E-state index contributed by atoms with van der Waals surface area (Å²) in [6.45, 7) is 1.89. The van der Waals surface area contributed by atoms with E-state index in [-0.39, 0.29) is 11.8 Å². The summed E-state index contributed by atoms with van der Waals surface area (Å²) in [5, 5.41) is 6.93. The molecule has 4 rings (SSSR count). The first-order valence-electron chi connectivity index (χ1n) is 10.00. The number of piperidine rings is 1. The van der Waals surface area contributed by atoms with E-state index < -0.39 is 5.91 Å². The van der Waals surface area contributed by atoms with Crippen LogP contribution in [0.3, 0.4) is 0 Å². The van der Waals surface area contributed by atoms with E-state index in [1.807, 2.05) is 24.3 Å². The molecule has 1 atom stereocenters. The predicted octanol–water partition coefficient (Wildman–Crippen LogP) is 3.45. The van der Waals surface area contributed by atoms with Gasteiger partial charge in [0, 0.05) is 16.6 Å². The number of nitrogens with one attached hydrogen (secondary N) is 1. The van der Waals surface area contributed by atoms with Gasteiger partial charge in [-0.3, -0.25) is 14.5 Å². The molecule has 0 aliphatic carbocycles. The number of carbonyl (C=O) groups excluding carboxylic acids is 2. The fourth-order valence-electron chi connectivity index (χ4n) is 3.71. The van der Waals surface area contributed by atoms with Crippen molar-refractivity contribution >= 4 is 33.4 Å². The predicted molar refractivity (Wildman–Crippen MR) is 119 cm³/mol. The zero-order valence-corrected chi connectivity index (χ0v) is 18.3. The maximum absolute atomic E-state index is 12.8. The maximum Gasteiger partial charge on any atom is 0.250 e. The lowest BCUT2D eigenvalue weighted by atomic mass is 9.97. The number of nitrogens with two attached hydrogens (primary N) is 1. The van der Waals surface area contributed by atoms with Crippen LogP contribution >= 0.6 is 15.9 Å². The van der Waals surface area contributed by atoms with Gasteiger partial charge in [-0.05, 0) is 43.7 Å². The lowest BCUT2D eigenvalue weighted by Gasteiger charge is -2.31. The molecule has 1 aliphatic heterocycles. The minimum Gasteiger partial charge on any atom is -0.366 e. The number of anilines is 1. The summed E-state index contributed by atoms with van der Waals surface area (Å²) >= 11 is 3.44. The van der Waals surface area contributed by atoms with E-state index in [0.29, 0.717) is 36.1 Å². The van der Waals surface area contributed by atoms with Gasteiger partial charge in [0.25, 0.3) is 5.91 Å². The molecular formula is C22H22BrN5O3. The normalized spacial score (nSPS) is 16.7. The second-order valence-corrected chi connectivity index (χ2v) is 8.41. The Balaban J connectivity index is 1.39. The number of likely N-dealkylation sites (tertiary alicyclic amines) is 1. The van der Waals surface area contributed by atoms with Crippen molar-refractivity contribution in [1.82, 2.24) is 15.0 Å². The Morgan fingerprint density at radius 2 is 2.06 bits per heavy atom. The molecule has 1 unspecified atom stereocenters. The first-order valence-corrected chi connectivity index (χ1v) is 10.8. The number of hydrogen-bond donors (Lipinski definition) is 2. The highest BCUT2D eigenvalue weighted by Gasteiger charge is 2.27. The number of hydrogen-bond acceptors (Lipinski definition) is 6. The fraction of sp³-hybridized carbons (Fsp3) is 0.273. The number of rotatable bonds is 6. The minimum atomic E-state index is -0.571. The van der Waals surface area contributed by atoms with Crippen molar-refractivity contribution in [1.29, 1.82) is 0 Å². The highest BCUT2D eigenvalue weighted by Crippen LogP contribution is 2.23. The molecule has 9 heteroatoms. The highest BCUT2D eigenvalue weighted by molar-refractivity contribution is 9.10. The van der Waals surface area contributed by atoms with Crippen LogP contribution in [0.5, 0.6) is 0 Å². The topological polar surface area (TPSA) is 114 Å². The lowest BCUT2D eigenvalue weighted by Crippen LogP contribution is -2.40. The van der Waals surface area contributed by atoms with E-state index in [1.54, 1.807) is 24.3 Å². The van der Waals surface area contributed by atoms with Gasteiger partial charge >= 0.3 is 0 Å². The van der Waals surface area contributed by atoms with Crippen LogP contribution in [0.2, 0.25) is 0 Å². The third-order valence-electron chi connectivity index (χ3n) is 5.24. The van der Waals surface area contributed by atoms with Crippen LogP contribution in [-0.2, 0) is 11.3 Å². The molecule has 0 saturated carbocycles. The van der Waals surface area contributed by atoms with Crippen molar-refractivity contribution in [3.63, 3.8) is 0 Å². The SMILES string of the molecule is NC(=O)c1ccccc1NC(=O)C1CCCN(Cc2nc(-c3cccc(Br)c3)no2)C1. The summed E-state index contributed by atoms with van der Waals surface area (Å²) in [4.78, 5) is 31.0. The number of nitrogens with zero attached hydrogens (tertiary/aromatic N) is 3. The summed E-state index contributed by atoms with van der Waals surface area (Å²) in [5.74, 6) is 0.139. The van der Waals surface area contributed by atoms with Crippen LogP contribution < -0.4 is 11.1 Å². The molecule has 3 aromatic rings. The van der Waals surface area contributed by atoms with Gasteiger partial charge in [-0.15, -0.1) is 0 Å². The van der Waals surface area contributed by atoms with Crippen LogP contribution in [0.15, 0.2) is 57.5 Å². The van der Waals surface area contributed by atoms with Crippen molar-refractivity contribution < 1.29 is 14.1 Å². The van der Waals surface area contributed by atoms with Gasteiger partial charge in [-0.1, -0.05) is 45.4 Å². The summed E-state index contributed by atoms with van der Waals surface area (Å²) < 4.78 is 6.37.